The average molecular weight is 513 g/mol. The zero-order valence-electron chi connectivity index (χ0n) is 17.6. The van der Waals surface area contributed by atoms with Crippen LogP contribution in [0.3, 0.4) is 0 Å². The number of esters is 1. The molecule has 2 heterocycles. The molecule has 32 heavy (non-hydrogen) atoms. The van der Waals surface area contributed by atoms with Crippen LogP contribution >= 0.6 is 27.7 Å². The summed E-state index contributed by atoms with van der Waals surface area (Å²) in [7, 11) is 0. The first-order chi connectivity index (χ1) is 15.4. The molecule has 4 rings (SSSR count). The monoisotopic (exact) mass is 512 g/mol. The van der Waals surface area contributed by atoms with Gasteiger partial charge in [0.2, 0.25) is 0 Å². The van der Waals surface area contributed by atoms with E-state index in [1.165, 1.54) is 0 Å². The fourth-order valence-electron chi connectivity index (χ4n) is 3.72. The molecule has 2 aromatic carbocycles. The molecule has 8 heteroatoms. The van der Waals surface area contributed by atoms with Crippen LogP contribution in [0.15, 0.2) is 57.9 Å². The van der Waals surface area contributed by atoms with Crippen LogP contribution in [0.4, 0.5) is 4.79 Å². The second-order valence-corrected chi connectivity index (χ2v) is 9.21. The Bertz CT molecular complexity index is 1250. The molecule has 1 fully saturated rings. The predicted molar refractivity (Wildman–Crippen MR) is 129 cm³/mol. The number of rotatable bonds is 6. The maximum absolute atomic E-state index is 12.8. The Labute approximate surface area is 198 Å². The largest absolute Gasteiger partial charge is 0.465 e. The van der Waals surface area contributed by atoms with Gasteiger partial charge in [0.15, 0.2) is 0 Å². The smallest absolute Gasteiger partial charge is 0.326 e. The summed E-state index contributed by atoms with van der Waals surface area (Å²) in [5, 5.41) is 0.532. The molecule has 6 nitrogen and oxygen atoms in total. The first-order valence-corrected chi connectivity index (χ1v) is 11.7. The fraction of sp³-hybridized carbons (Fsp3) is 0.208. The lowest BCUT2D eigenvalue weighted by Gasteiger charge is -2.10. The van der Waals surface area contributed by atoms with Crippen molar-refractivity contribution in [3.8, 4) is 0 Å². The van der Waals surface area contributed by atoms with Crippen LogP contribution in [0.5, 0.6) is 0 Å². The van der Waals surface area contributed by atoms with Gasteiger partial charge in [-0.15, -0.1) is 0 Å². The van der Waals surface area contributed by atoms with Gasteiger partial charge in [-0.2, -0.15) is 0 Å². The summed E-state index contributed by atoms with van der Waals surface area (Å²) < 4.78 is 8.10. The summed E-state index contributed by atoms with van der Waals surface area (Å²) in [6.07, 6.45) is 1.76. The third kappa shape index (κ3) is 4.38. The molecule has 0 radical (unpaired) electrons. The SMILES string of the molecule is CCOC(=O)CN1C(=O)S/C(=C/c2c(C)n(Cc3ccc(Br)cc3)c3ccccc23)C1=O. The van der Waals surface area contributed by atoms with Gasteiger partial charge in [-0.05, 0) is 55.4 Å². The third-order valence-corrected chi connectivity index (χ3v) is 6.71. The van der Waals surface area contributed by atoms with E-state index >= 15 is 0 Å². The zero-order valence-corrected chi connectivity index (χ0v) is 20.0. The Hall–Kier alpha value is -2.84. The molecule has 0 bridgehead atoms. The van der Waals surface area contributed by atoms with Gasteiger partial charge < -0.3 is 9.30 Å². The summed E-state index contributed by atoms with van der Waals surface area (Å²) in [6.45, 7) is 4.19. The van der Waals surface area contributed by atoms with Gasteiger partial charge in [0.1, 0.15) is 6.54 Å². The number of halogens is 1. The third-order valence-electron chi connectivity index (χ3n) is 5.28. The molecule has 0 spiro atoms. The van der Waals surface area contributed by atoms with Crippen LogP contribution in [-0.4, -0.2) is 39.7 Å². The minimum Gasteiger partial charge on any atom is -0.465 e. The summed E-state index contributed by atoms with van der Waals surface area (Å²) in [5.74, 6) is -1.07. The molecule has 0 saturated carbocycles. The van der Waals surface area contributed by atoms with Crippen molar-refractivity contribution in [1.82, 2.24) is 9.47 Å². The van der Waals surface area contributed by atoms with Crippen molar-refractivity contribution in [1.29, 1.82) is 0 Å². The number of carbonyl (C=O) groups excluding carboxylic acids is 3. The molecule has 1 aliphatic rings. The highest BCUT2D eigenvalue weighted by Gasteiger charge is 2.37. The van der Waals surface area contributed by atoms with Crippen LogP contribution in [-0.2, 0) is 20.9 Å². The molecule has 0 unspecified atom stereocenters. The normalized spacial score (nSPS) is 15.2. The predicted octanol–water partition coefficient (Wildman–Crippen LogP) is 5.36. The van der Waals surface area contributed by atoms with E-state index < -0.39 is 17.1 Å². The zero-order chi connectivity index (χ0) is 22.8. The summed E-state index contributed by atoms with van der Waals surface area (Å²) in [6, 6.07) is 16.2. The van der Waals surface area contributed by atoms with E-state index in [1.807, 2.05) is 43.3 Å². The molecule has 0 aliphatic carbocycles. The van der Waals surface area contributed by atoms with Crippen molar-refractivity contribution in [2.24, 2.45) is 0 Å². The van der Waals surface area contributed by atoms with E-state index in [9.17, 15) is 14.4 Å². The Kier molecular flexibility index (Phi) is 6.53. The van der Waals surface area contributed by atoms with Crippen molar-refractivity contribution < 1.29 is 19.1 Å². The van der Waals surface area contributed by atoms with Gasteiger partial charge in [0.25, 0.3) is 11.1 Å². The molecule has 1 saturated heterocycles. The number of hydrogen-bond acceptors (Lipinski definition) is 5. The van der Waals surface area contributed by atoms with Gasteiger partial charge in [-0.3, -0.25) is 19.3 Å². The van der Waals surface area contributed by atoms with Gasteiger partial charge >= 0.3 is 5.97 Å². The Morgan fingerprint density at radius 2 is 1.84 bits per heavy atom. The highest BCUT2D eigenvalue weighted by molar-refractivity contribution is 9.10. The number of nitrogens with zero attached hydrogens (tertiary/aromatic N) is 2. The van der Waals surface area contributed by atoms with Crippen molar-refractivity contribution in [3.05, 3.63) is 74.7 Å². The van der Waals surface area contributed by atoms with E-state index in [2.05, 4.69) is 32.6 Å². The fourth-order valence-corrected chi connectivity index (χ4v) is 4.80. The van der Waals surface area contributed by atoms with E-state index in [4.69, 9.17) is 4.74 Å². The molecular weight excluding hydrogens is 492 g/mol. The van der Waals surface area contributed by atoms with E-state index in [-0.39, 0.29) is 13.2 Å². The minimum atomic E-state index is -0.599. The highest BCUT2D eigenvalue weighted by Crippen LogP contribution is 2.35. The molecule has 0 N–H and O–H groups in total. The topological polar surface area (TPSA) is 68.6 Å². The second kappa shape index (κ2) is 9.34. The average Bonchev–Trinajstić information content (AvgIpc) is 3.19. The molecular formula is C24H21BrN2O4S. The van der Waals surface area contributed by atoms with Crippen molar-refractivity contribution >= 4 is 61.8 Å². The maximum Gasteiger partial charge on any atom is 0.326 e. The summed E-state index contributed by atoms with van der Waals surface area (Å²) >= 11 is 4.31. The first-order valence-electron chi connectivity index (χ1n) is 10.1. The number of aromatic nitrogens is 1. The van der Waals surface area contributed by atoms with E-state index in [0.717, 1.165) is 48.9 Å². The Balaban J connectivity index is 1.70. The lowest BCUT2D eigenvalue weighted by molar-refractivity contribution is -0.145. The standard InChI is InChI=1S/C24H21BrN2O4S/c1-3-31-22(28)14-27-23(29)21(32-24(27)30)12-19-15(2)26(20-7-5-4-6-18(19)20)13-16-8-10-17(25)11-9-16/h4-12H,3,13-14H2,1-2H3/b21-12+. The van der Waals surface area contributed by atoms with Crippen molar-refractivity contribution in [2.45, 2.75) is 20.4 Å². The summed E-state index contributed by atoms with van der Waals surface area (Å²) in [4.78, 5) is 38.2. The minimum absolute atomic E-state index is 0.196. The van der Waals surface area contributed by atoms with Crippen LogP contribution in [0.1, 0.15) is 23.7 Å². The molecule has 164 valence electrons. The molecule has 2 amide bonds. The van der Waals surface area contributed by atoms with Crippen LogP contribution in [0, 0.1) is 6.92 Å². The number of benzene rings is 2. The number of thioether (sulfide) groups is 1. The van der Waals surface area contributed by atoms with Crippen LogP contribution in [0.25, 0.3) is 17.0 Å². The molecule has 1 aromatic heterocycles. The molecule has 3 aromatic rings. The van der Waals surface area contributed by atoms with Crippen molar-refractivity contribution in [2.75, 3.05) is 13.2 Å². The van der Waals surface area contributed by atoms with Gasteiger partial charge in [-0.25, -0.2) is 0 Å². The summed E-state index contributed by atoms with van der Waals surface area (Å²) in [5.41, 5.74) is 4.08. The number of imide groups is 1. The quantitative estimate of drug-likeness (QED) is 0.328. The van der Waals surface area contributed by atoms with Gasteiger partial charge in [0, 0.05) is 33.2 Å². The lowest BCUT2D eigenvalue weighted by atomic mass is 10.1. The van der Waals surface area contributed by atoms with Crippen molar-refractivity contribution in [3.63, 3.8) is 0 Å². The maximum atomic E-state index is 12.8. The number of hydrogen-bond donors (Lipinski definition) is 0. The van der Waals surface area contributed by atoms with E-state index in [0.29, 0.717) is 11.4 Å². The highest BCUT2D eigenvalue weighted by atomic mass is 79.9. The lowest BCUT2D eigenvalue weighted by Crippen LogP contribution is -2.34. The Morgan fingerprint density at radius 1 is 1.12 bits per heavy atom. The number of para-hydroxylation sites is 1. The number of carbonyl (C=O) groups is 3. The van der Waals surface area contributed by atoms with Gasteiger partial charge in [0.05, 0.1) is 11.5 Å². The molecule has 1 aliphatic heterocycles. The van der Waals surface area contributed by atoms with Crippen LogP contribution in [0.2, 0.25) is 0 Å². The van der Waals surface area contributed by atoms with Gasteiger partial charge in [-0.1, -0.05) is 46.3 Å². The number of ether oxygens (including phenoxy) is 1. The second-order valence-electron chi connectivity index (χ2n) is 7.30. The first kappa shape index (κ1) is 22.4. The molecule has 0 atom stereocenters. The number of fused-ring (bicyclic) bond motifs is 1. The Morgan fingerprint density at radius 3 is 2.56 bits per heavy atom. The van der Waals surface area contributed by atoms with E-state index in [1.54, 1.807) is 13.0 Å². The van der Waals surface area contributed by atoms with Crippen LogP contribution < -0.4 is 0 Å². The number of amides is 2.